The van der Waals surface area contributed by atoms with E-state index in [0.717, 1.165) is 19.3 Å². The predicted molar refractivity (Wildman–Crippen MR) is 91.1 cm³/mol. The molecule has 1 saturated heterocycles. The summed E-state index contributed by atoms with van der Waals surface area (Å²) in [6.45, 7) is 2.25. The number of rotatable bonds is 13. The maximum atomic E-state index is 11.6. The maximum absolute atomic E-state index is 11.6. The minimum absolute atomic E-state index is 0.176. The normalized spacial score (nSPS) is 20.5. The molecule has 0 bridgehead atoms. The van der Waals surface area contributed by atoms with Gasteiger partial charge in [-0.15, -0.1) is 0 Å². The Bertz CT molecular complexity index is 340. The number of esters is 2. The topological polar surface area (TPSA) is 52.6 Å². The molecule has 0 saturated carbocycles. The lowest BCUT2D eigenvalue weighted by Crippen LogP contribution is -2.25. The first-order valence-corrected chi connectivity index (χ1v) is 9.46. The lowest BCUT2D eigenvalue weighted by molar-refractivity contribution is -0.147. The zero-order valence-electron chi connectivity index (χ0n) is 15.0. The summed E-state index contributed by atoms with van der Waals surface area (Å²) in [6, 6.07) is 0. The van der Waals surface area contributed by atoms with Crippen LogP contribution < -0.4 is 0 Å². The molecule has 0 N–H and O–H groups in total. The van der Waals surface area contributed by atoms with Crippen molar-refractivity contribution < 1.29 is 19.1 Å². The SMILES string of the molecule is CCCCCCCCCCCCC[C@@H]1OC(=O)C[C@@H]1C(=O)OC. The van der Waals surface area contributed by atoms with E-state index in [9.17, 15) is 9.59 Å². The third kappa shape index (κ3) is 8.38. The Morgan fingerprint density at radius 2 is 1.52 bits per heavy atom. The van der Waals surface area contributed by atoms with E-state index in [2.05, 4.69) is 6.92 Å². The molecular weight excluding hydrogens is 292 g/mol. The lowest BCUT2D eigenvalue weighted by atomic mass is 9.96. The second-order valence-electron chi connectivity index (χ2n) is 6.69. The number of ether oxygens (including phenoxy) is 2. The Morgan fingerprint density at radius 3 is 2.04 bits per heavy atom. The number of carbonyl (C=O) groups excluding carboxylic acids is 2. The van der Waals surface area contributed by atoms with E-state index in [4.69, 9.17) is 9.47 Å². The standard InChI is InChI=1S/C19H34O4/c1-3-4-5-6-7-8-9-10-11-12-13-14-17-16(19(21)22-2)15-18(20)23-17/h16-17H,3-15H2,1-2H3/t16-,17-/m0/s1. The summed E-state index contributed by atoms with van der Waals surface area (Å²) >= 11 is 0. The van der Waals surface area contributed by atoms with Gasteiger partial charge in [0.2, 0.25) is 0 Å². The Morgan fingerprint density at radius 1 is 1.00 bits per heavy atom. The van der Waals surface area contributed by atoms with Gasteiger partial charge < -0.3 is 9.47 Å². The number of carbonyl (C=O) groups is 2. The van der Waals surface area contributed by atoms with Crippen molar-refractivity contribution in [2.75, 3.05) is 7.11 Å². The summed E-state index contributed by atoms with van der Waals surface area (Å²) < 4.78 is 10.00. The van der Waals surface area contributed by atoms with E-state index in [1.54, 1.807) is 0 Å². The first-order valence-electron chi connectivity index (χ1n) is 9.46. The van der Waals surface area contributed by atoms with Gasteiger partial charge in [-0.2, -0.15) is 0 Å². The number of hydrogen-bond donors (Lipinski definition) is 0. The van der Waals surface area contributed by atoms with E-state index in [0.29, 0.717) is 0 Å². The van der Waals surface area contributed by atoms with Gasteiger partial charge in [0.05, 0.1) is 13.5 Å². The molecule has 0 aromatic heterocycles. The Hall–Kier alpha value is -1.06. The molecule has 1 fully saturated rings. The highest BCUT2D eigenvalue weighted by molar-refractivity contribution is 5.83. The Kier molecular flexibility index (Phi) is 10.8. The molecular formula is C19H34O4. The van der Waals surface area contributed by atoms with Crippen LogP contribution in [0.2, 0.25) is 0 Å². The third-order valence-electron chi connectivity index (χ3n) is 4.71. The van der Waals surface area contributed by atoms with E-state index < -0.39 is 5.92 Å². The van der Waals surface area contributed by atoms with Crippen LogP contribution in [0, 0.1) is 5.92 Å². The summed E-state index contributed by atoms with van der Waals surface area (Å²) in [5, 5.41) is 0. The van der Waals surface area contributed by atoms with Gasteiger partial charge in [-0.1, -0.05) is 71.1 Å². The third-order valence-corrected chi connectivity index (χ3v) is 4.71. The molecule has 1 aliphatic rings. The molecule has 1 rings (SSSR count). The van der Waals surface area contributed by atoms with Gasteiger partial charge in [0.15, 0.2) is 0 Å². The predicted octanol–water partition coefficient (Wildman–Crippen LogP) is 4.79. The van der Waals surface area contributed by atoms with Crippen molar-refractivity contribution in [1.82, 2.24) is 0 Å². The molecule has 0 amide bonds. The second kappa shape index (κ2) is 12.4. The van der Waals surface area contributed by atoms with Crippen molar-refractivity contribution in [3.63, 3.8) is 0 Å². The highest BCUT2D eigenvalue weighted by Gasteiger charge is 2.39. The molecule has 4 heteroatoms. The molecule has 1 aliphatic heterocycles. The quantitative estimate of drug-likeness (QED) is 0.360. The van der Waals surface area contributed by atoms with Gasteiger partial charge >= 0.3 is 11.9 Å². The first kappa shape index (κ1) is 20.0. The van der Waals surface area contributed by atoms with Crippen LogP contribution in [0.25, 0.3) is 0 Å². The average molecular weight is 326 g/mol. The maximum Gasteiger partial charge on any atom is 0.313 e. The fraction of sp³-hybridized carbons (Fsp3) is 0.895. The van der Waals surface area contributed by atoms with Gasteiger partial charge in [0.1, 0.15) is 12.0 Å². The summed E-state index contributed by atoms with van der Waals surface area (Å²) in [7, 11) is 1.37. The summed E-state index contributed by atoms with van der Waals surface area (Å²) in [5.41, 5.74) is 0. The van der Waals surface area contributed by atoms with Crippen molar-refractivity contribution in [2.24, 2.45) is 5.92 Å². The number of unbranched alkanes of at least 4 members (excludes halogenated alkanes) is 10. The van der Waals surface area contributed by atoms with Crippen LogP contribution in [0.5, 0.6) is 0 Å². The van der Waals surface area contributed by atoms with Gasteiger partial charge in [0, 0.05) is 0 Å². The monoisotopic (exact) mass is 326 g/mol. The van der Waals surface area contributed by atoms with Crippen LogP contribution in [0.1, 0.15) is 90.4 Å². The van der Waals surface area contributed by atoms with Gasteiger partial charge in [0.25, 0.3) is 0 Å². The molecule has 0 aliphatic carbocycles. The van der Waals surface area contributed by atoms with Crippen LogP contribution >= 0.6 is 0 Å². The number of hydrogen-bond acceptors (Lipinski definition) is 4. The van der Waals surface area contributed by atoms with Gasteiger partial charge in [-0.3, -0.25) is 9.59 Å². The Balaban J connectivity index is 1.98. The smallest absolute Gasteiger partial charge is 0.313 e. The van der Waals surface area contributed by atoms with E-state index in [1.807, 2.05) is 0 Å². The summed E-state index contributed by atoms with van der Waals surface area (Å²) in [5.74, 6) is -0.979. The van der Waals surface area contributed by atoms with Crippen molar-refractivity contribution in [1.29, 1.82) is 0 Å². The number of cyclic esters (lactones) is 1. The second-order valence-corrected chi connectivity index (χ2v) is 6.69. The fourth-order valence-corrected chi connectivity index (χ4v) is 3.27. The van der Waals surface area contributed by atoms with E-state index >= 15 is 0 Å². The molecule has 0 aromatic carbocycles. The average Bonchev–Trinajstić information content (AvgIpc) is 2.92. The van der Waals surface area contributed by atoms with Crippen LogP contribution in [0.15, 0.2) is 0 Å². The highest BCUT2D eigenvalue weighted by Crippen LogP contribution is 2.27. The molecule has 0 radical (unpaired) electrons. The molecule has 134 valence electrons. The fourth-order valence-electron chi connectivity index (χ4n) is 3.27. The molecule has 0 aromatic rings. The van der Waals surface area contributed by atoms with Crippen LogP contribution in [0.4, 0.5) is 0 Å². The van der Waals surface area contributed by atoms with Crippen molar-refractivity contribution >= 4 is 11.9 Å². The van der Waals surface area contributed by atoms with Crippen LogP contribution in [-0.2, 0) is 19.1 Å². The van der Waals surface area contributed by atoms with Crippen LogP contribution in [0.3, 0.4) is 0 Å². The van der Waals surface area contributed by atoms with Crippen LogP contribution in [-0.4, -0.2) is 25.2 Å². The minimum atomic E-state index is -0.393. The number of methoxy groups -OCH3 is 1. The van der Waals surface area contributed by atoms with Crippen molar-refractivity contribution in [3.05, 3.63) is 0 Å². The van der Waals surface area contributed by atoms with Crippen molar-refractivity contribution in [2.45, 2.75) is 96.5 Å². The minimum Gasteiger partial charge on any atom is -0.469 e. The Labute approximate surface area is 141 Å². The summed E-state index contributed by atoms with van der Waals surface area (Å²) in [6.07, 6.45) is 14.9. The lowest BCUT2D eigenvalue weighted by Gasteiger charge is -2.15. The van der Waals surface area contributed by atoms with Crippen molar-refractivity contribution in [3.8, 4) is 0 Å². The highest BCUT2D eigenvalue weighted by atomic mass is 16.6. The van der Waals surface area contributed by atoms with E-state index in [1.165, 1.54) is 64.9 Å². The van der Waals surface area contributed by atoms with Gasteiger partial charge in [-0.25, -0.2) is 0 Å². The molecule has 0 spiro atoms. The molecule has 2 atom stereocenters. The molecule has 0 unspecified atom stereocenters. The zero-order valence-corrected chi connectivity index (χ0v) is 15.0. The summed E-state index contributed by atoms with van der Waals surface area (Å²) in [4.78, 5) is 23.0. The first-order chi connectivity index (χ1) is 11.2. The molecule has 23 heavy (non-hydrogen) atoms. The largest absolute Gasteiger partial charge is 0.469 e. The van der Waals surface area contributed by atoms with E-state index in [-0.39, 0.29) is 24.5 Å². The zero-order chi connectivity index (χ0) is 16.9. The molecule has 4 nitrogen and oxygen atoms in total. The van der Waals surface area contributed by atoms with Gasteiger partial charge in [-0.05, 0) is 12.8 Å². The molecule has 1 heterocycles.